The van der Waals surface area contributed by atoms with Crippen LogP contribution in [-0.4, -0.2) is 30.3 Å². The molecule has 7 heteroatoms. The minimum atomic E-state index is -0.820. The number of esters is 1. The summed E-state index contributed by atoms with van der Waals surface area (Å²) in [7, 11) is 2.75. The lowest BCUT2D eigenvalue weighted by Gasteiger charge is -2.10. The Hall–Kier alpha value is -3.79. The molecule has 26 heavy (non-hydrogen) atoms. The lowest BCUT2D eigenvalue weighted by molar-refractivity contribution is 0.0590. The van der Waals surface area contributed by atoms with Gasteiger partial charge >= 0.3 is 5.97 Å². The van der Waals surface area contributed by atoms with Gasteiger partial charge in [-0.05, 0) is 42.5 Å². The standard InChI is InChI=1S/C19H14N2O5/c1-24-11-3-5-12(6-4-11)26-13-7-8-14-15(9-13)16(10-20)21-17(18(14)22)19(23)25-2/h3-9,22H,1-2H3. The topological polar surface area (TPSA) is 102 Å². The molecule has 0 saturated carbocycles. The van der Waals surface area contributed by atoms with Crippen molar-refractivity contribution in [1.82, 2.24) is 4.98 Å². The van der Waals surface area contributed by atoms with E-state index in [0.717, 1.165) is 0 Å². The van der Waals surface area contributed by atoms with Gasteiger partial charge in [0.1, 0.15) is 29.0 Å². The molecule has 0 aliphatic heterocycles. The van der Waals surface area contributed by atoms with Crippen molar-refractivity contribution < 1.29 is 24.1 Å². The van der Waals surface area contributed by atoms with Gasteiger partial charge < -0.3 is 19.3 Å². The second-order valence-electron chi connectivity index (χ2n) is 5.25. The Labute approximate surface area is 149 Å². The van der Waals surface area contributed by atoms with Gasteiger partial charge in [-0.3, -0.25) is 0 Å². The van der Waals surface area contributed by atoms with Gasteiger partial charge in [0.05, 0.1) is 14.2 Å². The highest BCUT2D eigenvalue weighted by Crippen LogP contribution is 2.34. The zero-order valence-corrected chi connectivity index (χ0v) is 14.0. The van der Waals surface area contributed by atoms with Crippen LogP contribution in [0.25, 0.3) is 10.8 Å². The number of nitriles is 1. The summed E-state index contributed by atoms with van der Waals surface area (Å²) in [6, 6.07) is 13.7. The van der Waals surface area contributed by atoms with E-state index in [1.807, 2.05) is 6.07 Å². The average Bonchev–Trinajstić information content (AvgIpc) is 2.68. The molecule has 0 radical (unpaired) electrons. The summed E-state index contributed by atoms with van der Waals surface area (Å²) in [5.41, 5.74) is -0.321. The Morgan fingerprint density at radius 1 is 1.04 bits per heavy atom. The molecule has 130 valence electrons. The van der Waals surface area contributed by atoms with Crippen LogP contribution in [0.5, 0.6) is 23.0 Å². The molecule has 1 N–H and O–H groups in total. The minimum absolute atomic E-state index is 0.0154. The van der Waals surface area contributed by atoms with Crippen molar-refractivity contribution in [3.8, 4) is 29.1 Å². The fourth-order valence-electron chi connectivity index (χ4n) is 2.45. The van der Waals surface area contributed by atoms with Crippen LogP contribution in [0.4, 0.5) is 0 Å². The third-order valence-electron chi connectivity index (χ3n) is 3.73. The number of rotatable bonds is 4. The summed E-state index contributed by atoms with van der Waals surface area (Å²) >= 11 is 0. The number of pyridine rings is 1. The zero-order valence-electron chi connectivity index (χ0n) is 14.0. The van der Waals surface area contributed by atoms with E-state index in [1.165, 1.54) is 7.11 Å². The lowest BCUT2D eigenvalue weighted by atomic mass is 10.1. The van der Waals surface area contributed by atoms with Crippen LogP contribution in [0, 0.1) is 11.3 Å². The van der Waals surface area contributed by atoms with E-state index in [1.54, 1.807) is 49.6 Å². The highest BCUT2D eigenvalue weighted by Gasteiger charge is 2.20. The lowest BCUT2D eigenvalue weighted by Crippen LogP contribution is -2.06. The molecule has 0 bridgehead atoms. The van der Waals surface area contributed by atoms with Gasteiger partial charge in [-0.25, -0.2) is 9.78 Å². The molecule has 0 aliphatic carbocycles. The number of fused-ring (bicyclic) bond motifs is 1. The van der Waals surface area contributed by atoms with E-state index >= 15 is 0 Å². The van der Waals surface area contributed by atoms with E-state index in [2.05, 4.69) is 9.72 Å². The van der Waals surface area contributed by atoms with Crippen LogP contribution in [0.3, 0.4) is 0 Å². The quantitative estimate of drug-likeness (QED) is 0.719. The van der Waals surface area contributed by atoms with E-state index < -0.39 is 5.97 Å². The summed E-state index contributed by atoms with van der Waals surface area (Å²) in [5, 5.41) is 20.3. The fraction of sp³-hybridized carbons (Fsp3) is 0.105. The molecule has 7 nitrogen and oxygen atoms in total. The van der Waals surface area contributed by atoms with Gasteiger partial charge in [-0.15, -0.1) is 0 Å². The van der Waals surface area contributed by atoms with E-state index in [-0.39, 0.29) is 17.1 Å². The molecule has 0 aliphatic rings. The third kappa shape index (κ3) is 3.08. The van der Waals surface area contributed by atoms with Gasteiger partial charge in [0, 0.05) is 10.8 Å². The van der Waals surface area contributed by atoms with Crippen LogP contribution in [-0.2, 0) is 4.74 Å². The van der Waals surface area contributed by atoms with Gasteiger partial charge in [-0.1, -0.05) is 0 Å². The SMILES string of the molecule is COC(=O)c1nc(C#N)c2cc(Oc3ccc(OC)cc3)ccc2c1O. The Balaban J connectivity index is 2.05. The second kappa shape index (κ2) is 6.99. The number of nitrogens with zero attached hydrogens (tertiary/aromatic N) is 2. The molecule has 0 saturated heterocycles. The molecule has 1 aromatic heterocycles. The predicted octanol–water partition coefficient (Wildman–Crippen LogP) is 3.40. The zero-order chi connectivity index (χ0) is 18.7. The van der Waals surface area contributed by atoms with Crippen molar-refractivity contribution in [3.63, 3.8) is 0 Å². The Morgan fingerprint density at radius 3 is 2.31 bits per heavy atom. The largest absolute Gasteiger partial charge is 0.505 e. The number of carbonyl (C=O) groups is 1. The number of hydrogen-bond donors (Lipinski definition) is 1. The number of aromatic hydroxyl groups is 1. The van der Waals surface area contributed by atoms with Crippen LogP contribution in [0.1, 0.15) is 16.2 Å². The summed E-state index contributed by atoms with van der Waals surface area (Å²) < 4.78 is 15.4. The predicted molar refractivity (Wildman–Crippen MR) is 92.5 cm³/mol. The molecule has 2 aromatic carbocycles. The molecule has 1 heterocycles. The van der Waals surface area contributed by atoms with Crippen LogP contribution in [0.2, 0.25) is 0 Å². The molecular weight excluding hydrogens is 336 g/mol. The van der Waals surface area contributed by atoms with Crippen molar-refractivity contribution in [2.75, 3.05) is 14.2 Å². The Bertz CT molecular complexity index is 1020. The van der Waals surface area contributed by atoms with E-state index in [0.29, 0.717) is 28.0 Å². The highest BCUT2D eigenvalue weighted by atomic mass is 16.5. The van der Waals surface area contributed by atoms with Crippen LogP contribution in [0.15, 0.2) is 42.5 Å². The Morgan fingerprint density at radius 2 is 1.69 bits per heavy atom. The highest BCUT2D eigenvalue weighted by molar-refractivity contribution is 6.01. The third-order valence-corrected chi connectivity index (χ3v) is 3.73. The average molecular weight is 350 g/mol. The van der Waals surface area contributed by atoms with Crippen molar-refractivity contribution >= 4 is 16.7 Å². The summed E-state index contributed by atoms with van der Waals surface area (Å²) in [6.07, 6.45) is 0. The number of methoxy groups -OCH3 is 2. The van der Waals surface area contributed by atoms with Crippen molar-refractivity contribution in [2.24, 2.45) is 0 Å². The van der Waals surface area contributed by atoms with Crippen LogP contribution >= 0.6 is 0 Å². The van der Waals surface area contributed by atoms with E-state index in [4.69, 9.17) is 9.47 Å². The molecule has 0 amide bonds. The molecule has 0 spiro atoms. The maximum absolute atomic E-state index is 11.7. The number of carbonyl (C=O) groups excluding carboxylic acids is 1. The maximum Gasteiger partial charge on any atom is 0.360 e. The number of ether oxygens (including phenoxy) is 3. The molecule has 0 fully saturated rings. The van der Waals surface area contributed by atoms with Crippen molar-refractivity contribution in [3.05, 3.63) is 53.9 Å². The second-order valence-corrected chi connectivity index (χ2v) is 5.25. The summed E-state index contributed by atoms with van der Waals surface area (Å²) in [5.74, 6) is 0.562. The number of benzene rings is 2. The van der Waals surface area contributed by atoms with Crippen molar-refractivity contribution in [1.29, 1.82) is 5.26 Å². The molecule has 3 aromatic rings. The van der Waals surface area contributed by atoms with Crippen molar-refractivity contribution in [2.45, 2.75) is 0 Å². The van der Waals surface area contributed by atoms with Gasteiger partial charge in [0.2, 0.25) is 0 Å². The maximum atomic E-state index is 11.7. The first kappa shape index (κ1) is 17.0. The molecule has 0 unspecified atom stereocenters. The summed E-state index contributed by atoms with van der Waals surface area (Å²) in [6.45, 7) is 0. The van der Waals surface area contributed by atoms with Gasteiger partial charge in [0.25, 0.3) is 0 Å². The Kier molecular flexibility index (Phi) is 4.58. The number of aromatic nitrogens is 1. The number of hydrogen-bond acceptors (Lipinski definition) is 7. The molecule has 3 rings (SSSR count). The van der Waals surface area contributed by atoms with Gasteiger partial charge in [0.15, 0.2) is 11.4 Å². The first-order valence-corrected chi connectivity index (χ1v) is 7.54. The summed E-state index contributed by atoms with van der Waals surface area (Å²) in [4.78, 5) is 15.6. The molecular formula is C19H14N2O5. The smallest absolute Gasteiger partial charge is 0.360 e. The monoisotopic (exact) mass is 350 g/mol. The first-order valence-electron chi connectivity index (χ1n) is 7.54. The normalized spacial score (nSPS) is 10.2. The fourth-order valence-corrected chi connectivity index (χ4v) is 2.45. The van der Waals surface area contributed by atoms with Gasteiger partial charge in [-0.2, -0.15) is 5.26 Å². The van der Waals surface area contributed by atoms with Crippen LogP contribution < -0.4 is 9.47 Å². The first-order chi connectivity index (χ1) is 12.6. The molecule has 0 atom stereocenters. The minimum Gasteiger partial charge on any atom is -0.505 e. The van der Waals surface area contributed by atoms with E-state index in [9.17, 15) is 15.2 Å².